The third kappa shape index (κ3) is 2.07. The molecule has 0 N–H and O–H groups in total. The van der Waals surface area contributed by atoms with Crippen LogP contribution in [-0.2, 0) is 0 Å². The van der Waals surface area contributed by atoms with E-state index in [9.17, 15) is 4.79 Å². The molecule has 0 aliphatic heterocycles. The van der Waals surface area contributed by atoms with Gasteiger partial charge in [-0.3, -0.25) is 9.78 Å². The largest absolute Gasteiger partial charge is 0.287 e. The lowest BCUT2D eigenvalue weighted by Crippen LogP contribution is -2.07. The zero-order valence-electron chi connectivity index (χ0n) is 11.4. The minimum Gasteiger partial charge on any atom is -0.287 e. The molecular formula is C17H14N2O. The molecule has 0 atom stereocenters. The Morgan fingerprint density at radius 1 is 0.950 bits per heavy atom. The Kier molecular flexibility index (Phi) is 3.03. The summed E-state index contributed by atoms with van der Waals surface area (Å²) in [6, 6.07) is 13.3. The van der Waals surface area contributed by atoms with Crippen LogP contribution in [0, 0.1) is 13.8 Å². The first-order chi connectivity index (χ1) is 9.66. The maximum absolute atomic E-state index is 12.6. The summed E-state index contributed by atoms with van der Waals surface area (Å²) in [5, 5.41) is 0. The van der Waals surface area contributed by atoms with Gasteiger partial charge in [-0.2, -0.15) is 0 Å². The quantitative estimate of drug-likeness (QED) is 0.664. The Labute approximate surface area is 117 Å². The predicted molar refractivity (Wildman–Crippen MR) is 78.9 cm³/mol. The Balaban J connectivity index is 2.10. The van der Waals surface area contributed by atoms with E-state index in [0.29, 0.717) is 11.3 Å². The van der Waals surface area contributed by atoms with E-state index in [2.05, 4.69) is 9.97 Å². The minimum atomic E-state index is -0.0792. The molecule has 3 heteroatoms. The predicted octanol–water partition coefficient (Wildman–Crippen LogP) is 3.48. The molecular weight excluding hydrogens is 248 g/mol. The molecule has 0 aliphatic carbocycles. The van der Waals surface area contributed by atoms with Crippen LogP contribution >= 0.6 is 0 Å². The van der Waals surface area contributed by atoms with Crippen molar-refractivity contribution in [1.82, 2.24) is 9.97 Å². The zero-order chi connectivity index (χ0) is 14.1. The van der Waals surface area contributed by atoms with Crippen LogP contribution in [0.3, 0.4) is 0 Å². The lowest BCUT2D eigenvalue weighted by Gasteiger charge is -2.07. The van der Waals surface area contributed by atoms with Gasteiger partial charge >= 0.3 is 0 Å². The first-order valence-corrected chi connectivity index (χ1v) is 6.49. The summed E-state index contributed by atoms with van der Waals surface area (Å²) in [6.07, 6.45) is 1.55. The van der Waals surface area contributed by atoms with Crippen molar-refractivity contribution in [2.45, 2.75) is 13.8 Å². The molecule has 0 saturated heterocycles. The number of hydrogen-bond acceptors (Lipinski definition) is 3. The number of aromatic nitrogens is 2. The van der Waals surface area contributed by atoms with Crippen LogP contribution in [0.5, 0.6) is 0 Å². The third-order valence-electron chi connectivity index (χ3n) is 3.53. The van der Waals surface area contributed by atoms with Gasteiger partial charge in [0.05, 0.1) is 17.2 Å². The first kappa shape index (κ1) is 12.5. The molecule has 0 aliphatic rings. The molecule has 0 spiro atoms. The Morgan fingerprint density at radius 3 is 2.50 bits per heavy atom. The van der Waals surface area contributed by atoms with E-state index in [1.165, 1.54) is 0 Å². The van der Waals surface area contributed by atoms with Crippen LogP contribution in [0.4, 0.5) is 0 Å². The van der Waals surface area contributed by atoms with Gasteiger partial charge in [0.15, 0.2) is 0 Å². The zero-order valence-corrected chi connectivity index (χ0v) is 11.4. The van der Waals surface area contributed by atoms with E-state index >= 15 is 0 Å². The monoisotopic (exact) mass is 262 g/mol. The molecule has 0 amide bonds. The average molecular weight is 262 g/mol. The van der Waals surface area contributed by atoms with Crippen LogP contribution < -0.4 is 0 Å². The van der Waals surface area contributed by atoms with Crippen molar-refractivity contribution < 1.29 is 4.79 Å². The van der Waals surface area contributed by atoms with Crippen LogP contribution in [0.25, 0.3) is 11.0 Å². The van der Waals surface area contributed by atoms with Gasteiger partial charge in [0, 0.05) is 5.56 Å². The number of carbonyl (C=O) groups is 1. The van der Waals surface area contributed by atoms with E-state index in [0.717, 1.165) is 22.2 Å². The molecule has 3 nitrogen and oxygen atoms in total. The second-order valence-electron chi connectivity index (χ2n) is 4.82. The number of nitrogens with zero attached hydrogens (tertiary/aromatic N) is 2. The first-order valence-electron chi connectivity index (χ1n) is 6.49. The number of aryl methyl sites for hydroxylation is 1. The maximum atomic E-state index is 12.6. The van der Waals surface area contributed by atoms with E-state index in [-0.39, 0.29) is 5.78 Å². The normalized spacial score (nSPS) is 10.7. The molecule has 1 heterocycles. The fourth-order valence-corrected chi connectivity index (χ4v) is 2.20. The minimum absolute atomic E-state index is 0.0792. The van der Waals surface area contributed by atoms with Crippen molar-refractivity contribution >= 4 is 16.8 Å². The third-order valence-corrected chi connectivity index (χ3v) is 3.53. The topological polar surface area (TPSA) is 42.9 Å². The SMILES string of the molecule is Cc1cccc(C(=O)c2cnc3ccccc3n2)c1C. The summed E-state index contributed by atoms with van der Waals surface area (Å²) in [4.78, 5) is 21.3. The van der Waals surface area contributed by atoms with Crippen molar-refractivity contribution in [3.8, 4) is 0 Å². The van der Waals surface area contributed by atoms with Crippen LogP contribution in [-0.4, -0.2) is 15.8 Å². The average Bonchev–Trinajstić information content (AvgIpc) is 2.49. The van der Waals surface area contributed by atoms with Crippen molar-refractivity contribution in [3.05, 3.63) is 71.0 Å². The molecule has 2 aromatic carbocycles. The Morgan fingerprint density at radius 2 is 1.70 bits per heavy atom. The molecule has 1 aromatic heterocycles. The summed E-state index contributed by atoms with van der Waals surface area (Å²) in [5.74, 6) is -0.0792. The van der Waals surface area contributed by atoms with Gasteiger partial charge in [0.1, 0.15) is 5.69 Å². The van der Waals surface area contributed by atoms with Gasteiger partial charge in [0.25, 0.3) is 0 Å². The van der Waals surface area contributed by atoms with Crippen molar-refractivity contribution in [1.29, 1.82) is 0 Å². The molecule has 0 saturated carbocycles. The lowest BCUT2D eigenvalue weighted by atomic mass is 9.99. The molecule has 20 heavy (non-hydrogen) atoms. The Hall–Kier alpha value is -2.55. The summed E-state index contributed by atoms with van der Waals surface area (Å²) >= 11 is 0. The van der Waals surface area contributed by atoms with Crippen LogP contribution in [0.1, 0.15) is 27.2 Å². The maximum Gasteiger partial charge on any atom is 0.213 e. The summed E-state index contributed by atoms with van der Waals surface area (Å²) in [6.45, 7) is 3.95. The summed E-state index contributed by atoms with van der Waals surface area (Å²) in [5.41, 5.74) is 4.71. The number of rotatable bonds is 2. The highest BCUT2D eigenvalue weighted by molar-refractivity contribution is 6.09. The number of hydrogen-bond donors (Lipinski definition) is 0. The van der Waals surface area contributed by atoms with Gasteiger partial charge < -0.3 is 0 Å². The van der Waals surface area contributed by atoms with E-state index < -0.39 is 0 Å². The highest BCUT2D eigenvalue weighted by Gasteiger charge is 2.14. The highest BCUT2D eigenvalue weighted by Crippen LogP contribution is 2.17. The van der Waals surface area contributed by atoms with Crippen molar-refractivity contribution in [3.63, 3.8) is 0 Å². The molecule has 0 unspecified atom stereocenters. The van der Waals surface area contributed by atoms with Gasteiger partial charge in [-0.15, -0.1) is 0 Å². The fraction of sp³-hybridized carbons (Fsp3) is 0.118. The number of carbonyl (C=O) groups excluding carboxylic acids is 1. The smallest absolute Gasteiger partial charge is 0.213 e. The van der Waals surface area contributed by atoms with Crippen LogP contribution in [0.2, 0.25) is 0 Å². The fourth-order valence-electron chi connectivity index (χ4n) is 2.20. The molecule has 3 aromatic rings. The second-order valence-corrected chi connectivity index (χ2v) is 4.82. The van der Waals surface area contributed by atoms with Gasteiger partial charge in [-0.25, -0.2) is 4.98 Å². The van der Waals surface area contributed by atoms with Gasteiger partial charge in [0.2, 0.25) is 5.78 Å². The van der Waals surface area contributed by atoms with Crippen LogP contribution in [0.15, 0.2) is 48.7 Å². The van der Waals surface area contributed by atoms with Crippen molar-refractivity contribution in [2.24, 2.45) is 0 Å². The van der Waals surface area contributed by atoms with Gasteiger partial charge in [-0.05, 0) is 37.1 Å². The van der Waals surface area contributed by atoms with E-state index in [4.69, 9.17) is 0 Å². The van der Waals surface area contributed by atoms with E-state index in [1.54, 1.807) is 6.20 Å². The molecule has 0 bridgehead atoms. The lowest BCUT2D eigenvalue weighted by molar-refractivity contribution is 0.103. The molecule has 3 rings (SSSR count). The van der Waals surface area contributed by atoms with E-state index in [1.807, 2.05) is 56.3 Å². The number of benzene rings is 2. The second kappa shape index (κ2) is 4.85. The van der Waals surface area contributed by atoms with Gasteiger partial charge in [-0.1, -0.05) is 30.3 Å². The standard InChI is InChI=1S/C17H14N2O/c1-11-6-5-7-13(12(11)2)17(20)16-10-18-14-8-3-4-9-15(14)19-16/h3-10H,1-2H3. The summed E-state index contributed by atoms with van der Waals surface area (Å²) in [7, 11) is 0. The Bertz CT molecular complexity index is 809. The molecule has 0 fully saturated rings. The highest BCUT2D eigenvalue weighted by atomic mass is 16.1. The number of ketones is 1. The summed E-state index contributed by atoms with van der Waals surface area (Å²) < 4.78 is 0. The van der Waals surface area contributed by atoms with Crippen molar-refractivity contribution in [2.75, 3.05) is 0 Å². The number of fused-ring (bicyclic) bond motifs is 1. The molecule has 98 valence electrons. The molecule has 0 radical (unpaired) electrons. The number of para-hydroxylation sites is 2.